The van der Waals surface area contributed by atoms with E-state index >= 15 is 0 Å². The predicted octanol–water partition coefficient (Wildman–Crippen LogP) is -0.184. The molecule has 0 bridgehead atoms. The number of nitrogens with zero attached hydrogens (tertiary/aromatic N) is 1. The van der Waals surface area contributed by atoms with Crippen molar-refractivity contribution in [3.8, 4) is 0 Å². The van der Waals surface area contributed by atoms with Gasteiger partial charge in [0.15, 0.2) is 0 Å². The molecule has 0 spiro atoms. The summed E-state index contributed by atoms with van der Waals surface area (Å²) in [4.78, 5) is 0. The lowest BCUT2D eigenvalue weighted by Crippen LogP contribution is -2.24. The summed E-state index contributed by atoms with van der Waals surface area (Å²) in [5.41, 5.74) is 4.35. The normalized spacial score (nSPS) is 13.0. The Balaban J connectivity index is 4.00. The lowest BCUT2D eigenvalue weighted by atomic mass is 10.8. The van der Waals surface area contributed by atoms with Crippen LogP contribution >= 0.6 is 0 Å². The van der Waals surface area contributed by atoms with Gasteiger partial charge in [0.25, 0.3) is 5.95 Å². The molecule has 0 unspecified atom stereocenters. The highest BCUT2D eigenvalue weighted by molar-refractivity contribution is 4.90. The maximum Gasteiger partial charge on any atom is 0.256 e. The second-order valence-corrected chi connectivity index (χ2v) is 1.25. The van der Waals surface area contributed by atoms with E-state index in [-0.39, 0.29) is 0 Å². The second-order valence-electron chi connectivity index (χ2n) is 1.25. The highest BCUT2D eigenvalue weighted by atomic mass is 19.2. The Hall–Kier alpha value is -0.840. The number of rotatable bonds is 1. The van der Waals surface area contributed by atoms with Gasteiger partial charge in [0, 0.05) is 7.05 Å². The van der Waals surface area contributed by atoms with Crippen LogP contribution in [-0.4, -0.2) is 12.1 Å². The van der Waals surface area contributed by atoms with E-state index in [4.69, 9.17) is 5.84 Å². The highest BCUT2D eigenvalue weighted by Crippen LogP contribution is 2.01. The van der Waals surface area contributed by atoms with E-state index in [1.165, 1.54) is 0 Å². The number of hydrazine groups is 1. The maximum absolute atomic E-state index is 11.8. The first kappa shape index (κ1) is 7.16. The van der Waals surface area contributed by atoms with Crippen LogP contribution in [-0.2, 0) is 0 Å². The van der Waals surface area contributed by atoms with Crippen molar-refractivity contribution in [1.29, 1.82) is 0 Å². The zero-order valence-electron chi connectivity index (χ0n) is 4.36. The van der Waals surface area contributed by atoms with E-state index in [0.29, 0.717) is 5.01 Å². The van der Waals surface area contributed by atoms with Gasteiger partial charge in [-0.05, 0) is 0 Å². The molecule has 0 aromatic rings. The van der Waals surface area contributed by atoms with Crippen molar-refractivity contribution in [1.82, 2.24) is 5.01 Å². The molecule has 0 saturated carbocycles. The SMILES string of the molecule is CN(N)/C(F)=C(\N)F. The molecule has 4 N–H and O–H groups in total. The van der Waals surface area contributed by atoms with E-state index in [1.807, 2.05) is 0 Å². The molecule has 0 atom stereocenters. The molecule has 0 radical (unpaired) electrons. The summed E-state index contributed by atoms with van der Waals surface area (Å²) >= 11 is 0. The van der Waals surface area contributed by atoms with E-state index in [1.54, 1.807) is 0 Å². The minimum Gasteiger partial charge on any atom is -0.372 e. The van der Waals surface area contributed by atoms with Gasteiger partial charge >= 0.3 is 0 Å². The molecule has 5 heteroatoms. The van der Waals surface area contributed by atoms with Gasteiger partial charge in [0.05, 0.1) is 0 Å². The molecule has 3 nitrogen and oxygen atoms in total. The van der Waals surface area contributed by atoms with Crippen LogP contribution in [0.1, 0.15) is 0 Å². The van der Waals surface area contributed by atoms with E-state index in [2.05, 4.69) is 5.73 Å². The average Bonchev–Trinajstić information content (AvgIpc) is 1.64. The third kappa shape index (κ3) is 1.74. The Morgan fingerprint density at radius 2 is 1.88 bits per heavy atom. The van der Waals surface area contributed by atoms with Gasteiger partial charge in [-0.1, -0.05) is 0 Å². The van der Waals surface area contributed by atoms with Crippen molar-refractivity contribution in [3.63, 3.8) is 0 Å². The molecule has 0 heterocycles. The zero-order chi connectivity index (χ0) is 6.73. The van der Waals surface area contributed by atoms with E-state index < -0.39 is 11.9 Å². The zero-order valence-corrected chi connectivity index (χ0v) is 4.36. The third-order valence-electron chi connectivity index (χ3n) is 0.507. The molecule has 0 aliphatic carbocycles. The monoisotopic (exact) mass is 123 g/mol. The molecule has 0 aliphatic heterocycles. The smallest absolute Gasteiger partial charge is 0.256 e. The number of hydrogen-bond donors (Lipinski definition) is 2. The third-order valence-corrected chi connectivity index (χ3v) is 0.507. The first-order valence-corrected chi connectivity index (χ1v) is 1.85. The van der Waals surface area contributed by atoms with Gasteiger partial charge < -0.3 is 5.73 Å². The molecule has 48 valence electrons. The summed E-state index contributed by atoms with van der Waals surface area (Å²) in [6.45, 7) is 0. The molecule has 0 rings (SSSR count). The van der Waals surface area contributed by atoms with Crippen LogP contribution in [0.2, 0.25) is 0 Å². The molecule has 0 aliphatic rings. The minimum atomic E-state index is -1.41. The van der Waals surface area contributed by atoms with Crippen molar-refractivity contribution < 1.29 is 8.78 Å². The van der Waals surface area contributed by atoms with E-state index in [9.17, 15) is 8.78 Å². The van der Waals surface area contributed by atoms with Gasteiger partial charge in [0.1, 0.15) is 0 Å². The van der Waals surface area contributed by atoms with Gasteiger partial charge in [-0.25, -0.2) is 5.84 Å². The lowest BCUT2D eigenvalue weighted by Gasteiger charge is -2.06. The topological polar surface area (TPSA) is 55.3 Å². The summed E-state index contributed by atoms with van der Waals surface area (Å²) in [5, 5.41) is 0.454. The molecule has 0 fully saturated rings. The van der Waals surface area contributed by atoms with Gasteiger partial charge in [-0.3, -0.25) is 5.01 Å². The van der Waals surface area contributed by atoms with Gasteiger partial charge in [-0.15, -0.1) is 0 Å². The van der Waals surface area contributed by atoms with Crippen LogP contribution in [0.5, 0.6) is 0 Å². The second kappa shape index (κ2) is 2.46. The first-order valence-electron chi connectivity index (χ1n) is 1.85. The van der Waals surface area contributed by atoms with Crippen molar-refractivity contribution >= 4 is 0 Å². The molecule has 0 amide bonds. The summed E-state index contributed by atoms with van der Waals surface area (Å²) in [5.74, 6) is 2.05. The van der Waals surface area contributed by atoms with Crippen LogP contribution in [0.3, 0.4) is 0 Å². The highest BCUT2D eigenvalue weighted by Gasteiger charge is 2.01. The number of nitrogens with two attached hydrogens (primary N) is 2. The molecule has 8 heavy (non-hydrogen) atoms. The fraction of sp³-hybridized carbons (Fsp3) is 0.333. The van der Waals surface area contributed by atoms with Gasteiger partial charge in [-0.2, -0.15) is 8.78 Å². The Morgan fingerprint density at radius 3 is 1.88 bits per heavy atom. The van der Waals surface area contributed by atoms with Crippen molar-refractivity contribution in [2.45, 2.75) is 0 Å². The maximum atomic E-state index is 11.8. The fourth-order valence-electron chi connectivity index (χ4n) is 0.168. The van der Waals surface area contributed by atoms with Crippen LogP contribution in [0.15, 0.2) is 11.9 Å². The summed E-state index contributed by atoms with van der Waals surface area (Å²) in [6.07, 6.45) is 0. The molecule has 0 aromatic heterocycles. The van der Waals surface area contributed by atoms with Crippen molar-refractivity contribution in [3.05, 3.63) is 11.9 Å². The first-order chi connectivity index (χ1) is 3.55. The summed E-state index contributed by atoms with van der Waals surface area (Å²) in [7, 11) is 1.14. The quantitative estimate of drug-likeness (QED) is 0.289. The molecule has 0 saturated heterocycles. The van der Waals surface area contributed by atoms with Gasteiger partial charge in [0.2, 0.25) is 5.95 Å². The van der Waals surface area contributed by atoms with Crippen LogP contribution in [0.4, 0.5) is 8.78 Å². The lowest BCUT2D eigenvalue weighted by molar-refractivity contribution is 0.304. The Kier molecular flexibility index (Phi) is 2.20. The molecular formula is C3H7F2N3. The van der Waals surface area contributed by atoms with Crippen molar-refractivity contribution in [2.75, 3.05) is 7.05 Å². The standard InChI is InChI=1S/C3H7F2N3/c1-8(7)3(5)2(4)6/h6-7H2,1H3/b3-2-. The number of hydrogen-bond acceptors (Lipinski definition) is 3. The van der Waals surface area contributed by atoms with Crippen LogP contribution in [0, 0.1) is 0 Å². The summed E-state index contributed by atoms with van der Waals surface area (Å²) in [6, 6.07) is 0. The predicted molar refractivity (Wildman–Crippen MR) is 25.4 cm³/mol. The fourth-order valence-corrected chi connectivity index (χ4v) is 0.168. The van der Waals surface area contributed by atoms with Crippen LogP contribution < -0.4 is 11.6 Å². The number of halogens is 2. The Bertz CT molecular complexity index is 105. The van der Waals surface area contributed by atoms with Crippen LogP contribution in [0.25, 0.3) is 0 Å². The Morgan fingerprint density at radius 1 is 1.50 bits per heavy atom. The largest absolute Gasteiger partial charge is 0.372 e. The molecular weight excluding hydrogens is 116 g/mol. The molecule has 0 aromatic carbocycles. The average molecular weight is 123 g/mol. The van der Waals surface area contributed by atoms with Crippen molar-refractivity contribution in [2.24, 2.45) is 11.6 Å². The minimum absolute atomic E-state index is 0.454. The van der Waals surface area contributed by atoms with E-state index in [0.717, 1.165) is 7.05 Å². The summed E-state index contributed by atoms with van der Waals surface area (Å²) < 4.78 is 23.3. The Labute approximate surface area is 45.5 Å².